The highest BCUT2D eigenvalue weighted by Crippen LogP contribution is 2.32. The molecule has 1 aromatic carbocycles. The number of carbonyl (C=O) groups excluding carboxylic acids is 2. The molecule has 1 amide bonds. The van der Waals surface area contributed by atoms with E-state index in [0.717, 1.165) is 12.1 Å². The number of hydrogen-bond acceptors (Lipinski definition) is 3. The summed E-state index contributed by atoms with van der Waals surface area (Å²) in [6, 6.07) is 2.26. The van der Waals surface area contributed by atoms with Crippen LogP contribution >= 0.6 is 0 Å². The van der Waals surface area contributed by atoms with Crippen LogP contribution in [0.15, 0.2) is 18.2 Å². The van der Waals surface area contributed by atoms with Gasteiger partial charge in [-0.3, -0.25) is 4.79 Å². The molecule has 0 saturated heterocycles. The number of nitrogens with one attached hydrogen (secondary N) is 2. The standard InChI is InChI=1S/C16H21F3N2O2/c1-5-20-12-7-10(6-11(8-12)16(17,18)19)14(23)21-13(9-22)15(2,3)4/h6-9,13,20H,5H2,1-4H3,(H,21,23). The van der Waals surface area contributed by atoms with Crippen LogP contribution in [0.25, 0.3) is 0 Å². The summed E-state index contributed by atoms with van der Waals surface area (Å²) in [5, 5.41) is 5.23. The summed E-state index contributed by atoms with van der Waals surface area (Å²) >= 11 is 0. The van der Waals surface area contributed by atoms with Crippen LogP contribution in [-0.4, -0.2) is 24.8 Å². The summed E-state index contributed by atoms with van der Waals surface area (Å²) in [4.78, 5) is 23.3. The smallest absolute Gasteiger partial charge is 0.385 e. The van der Waals surface area contributed by atoms with E-state index in [1.54, 1.807) is 27.7 Å². The van der Waals surface area contributed by atoms with E-state index < -0.39 is 29.1 Å². The van der Waals surface area contributed by atoms with Crippen LogP contribution in [0, 0.1) is 5.41 Å². The van der Waals surface area contributed by atoms with Gasteiger partial charge in [0, 0.05) is 17.8 Å². The van der Waals surface area contributed by atoms with Gasteiger partial charge in [0.25, 0.3) is 5.91 Å². The van der Waals surface area contributed by atoms with Gasteiger partial charge in [0.1, 0.15) is 6.29 Å². The average molecular weight is 330 g/mol. The van der Waals surface area contributed by atoms with Crippen molar-refractivity contribution in [2.75, 3.05) is 11.9 Å². The predicted octanol–water partition coefficient (Wildman–Crippen LogP) is 3.48. The number of rotatable bonds is 5. The Labute approximate surface area is 133 Å². The van der Waals surface area contributed by atoms with Gasteiger partial charge in [-0.25, -0.2) is 0 Å². The van der Waals surface area contributed by atoms with Gasteiger partial charge in [0.05, 0.1) is 11.6 Å². The third-order valence-electron chi connectivity index (χ3n) is 3.26. The third kappa shape index (κ3) is 5.26. The number of amides is 1. The first-order valence-corrected chi connectivity index (χ1v) is 7.21. The Bertz CT molecular complexity index is 578. The van der Waals surface area contributed by atoms with Crippen LogP contribution in [-0.2, 0) is 11.0 Å². The molecule has 128 valence electrons. The van der Waals surface area contributed by atoms with Crippen molar-refractivity contribution in [2.24, 2.45) is 5.41 Å². The highest BCUT2D eigenvalue weighted by Gasteiger charge is 2.32. The average Bonchev–Trinajstić information content (AvgIpc) is 2.42. The molecule has 0 radical (unpaired) electrons. The lowest BCUT2D eigenvalue weighted by molar-refractivity contribution is -0.137. The van der Waals surface area contributed by atoms with Crippen LogP contribution in [0.4, 0.5) is 18.9 Å². The molecule has 2 N–H and O–H groups in total. The van der Waals surface area contributed by atoms with E-state index in [9.17, 15) is 22.8 Å². The summed E-state index contributed by atoms with van der Waals surface area (Å²) in [6.07, 6.45) is -3.98. The Kier molecular flexibility index (Phi) is 5.80. The first-order valence-electron chi connectivity index (χ1n) is 7.21. The Hall–Kier alpha value is -2.05. The molecule has 7 heteroatoms. The normalized spacial score (nSPS) is 13.3. The SMILES string of the molecule is CCNc1cc(C(=O)NC(C=O)C(C)(C)C)cc(C(F)(F)F)c1. The van der Waals surface area contributed by atoms with Crippen molar-refractivity contribution in [1.29, 1.82) is 0 Å². The van der Waals surface area contributed by atoms with Crippen molar-refractivity contribution >= 4 is 17.9 Å². The molecule has 0 fully saturated rings. The second-order valence-corrected chi connectivity index (χ2v) is 6.28. The van der Waals surface area contributed by atoms with E-state index in [4.69, 9.17) is 0 Å². The van der Waals surface area contributed by atoms with E-state index in [0.29, 0.717) is 12.8 Å². The molecule has 1 atom stereocenters. The first-order chi connectivity index (χ1) is 10.5. The van der Waals surface area contributed by atoms with Crippen LogP contribution in [0.5, 0.6) is 0 Å². The lowest BCUT2D eigenvalue weighted by Crippen LogP contribution is -2.44. The lowest BCUT2D eigenvalue weighted by Gasteiger charge is -2.26. The summed E-state index contributed by atoms with van der Waals surface area (Å²) < 4.78 is 38.9. The fraction of sp³-hybridized carbons (Fsp3) is 0.500. The van der Waals surface area contributed by atoms with Crippen molar-refractivity contribution in [2.45, 2.75) is 39.9 Å². The largest absolute Gasteiger partial charge is 0.416 e. The number of alkyl halides is 3. The minimum Gasteiger partial charge on any atom is -0.385 e. The number of carbonyl (C=O) groups is 2. The molecule has 0 aromatic heterocycles. The molecule has 0 aliphatic heterocycles. The fourth-order valence-electron chi connectivity index (χ4n) is 1.91. The zero-order valence-corrected chi connectivity index (χ0v) is 13.5. The summed E-state index contributed by atoms with van der Waals surface area (Å²) in [7, 11) is 0. The van der Waals surface area contributed by atoms with E-state index in [1.165, 1.54) is 6.07 Å². The van der Waals surface area contributed by atoms with Gasteiger partial charge < -0.3 is 15.4 Å². The summed E-state index contributed by atoms with van der Waals surface area (Å²) in [5.41, 5.74) is -1.40. The van der Waals surface area contributed by atoms with Crippen molar-refractivity contribution in [1.82, 2.24) is 5.32 Å². The van der Waals surface area contributed by atoms with Crippen molar-refractivity contribution in [3.8, 4) is 0 Å². The molecule has 23 heavy (non-hydrogen) atoms. The second-order valence-electron chi connectivity index (χ2n) is 6.28. The Morgan fingerprint density at radius 1 is 1.22 bits per heavy atom. The zero-order chi connectivity index (χ0) is 17.8. The number of halogens is 3. The van der Waals surface area contributed by atoms with Crippen molar-refractivity contribution in [3.05, 3.63) is 29.3 Å². The minimum atomic E-state index is -4.56. The number of benzene rings is 1. The number of hydrogen-bond donors (Lipinski definition) is 2. The molecule has 1 rings (SSSR count). The van der Waals surface area contributed by atoms with Crippen LogP contribution in [0.1, 0.15) is 43.6 Å². The molecular formula is C16H21F3N2O2. The first kappa shape index (κ1) is 19.0. The molecule has 0 aliphatic rings. The van der Waals surface area contributed by atoms with Gasteiger partial charge in [-0.1, -0.05) is 20.8 Å². The topological polar surface area (TPSA) is 58.2 Å². The van der Waals surface area contributed by atoms with Crippen LogP contribution in [0.2, 0.25) is 0 Å². The molecule has 1 unspecified atom stereocenters. The van der Waals surface area contributed by atoms with E-state index >= 15 is 0 Å². The Balaban J connectivity index is 3.17. The van der Waals surface area contributed by atoms with Gasteiger partial charge in [0.15, 0.2) is 0 Å². The molecule has 0 heterocycles. The van der Waals surface area contributed by atoms with Crippen molar-refractivity contribution < 1.29 is 22.8 Å². The molecule has 0 saturated carbocycles. The zero-order valence-electron chi connectivity index (χ0n) is 13.5. The summed E-state index contributed by atoms with van der Waals surface area (Å²) in [5.74, 6) is -0.720. The molecule has 1 aromatic rings. The van der Waals surface area contributed by atoms with Crippen molar-refractivity contribution in [3.63, 3.8) is 0 Å². The van der Waals surface area contributed by atoms with E-state index in [-0.39, 0.29) is 11.3 Å². The van der Waals surface area contributed by atoms with Gasteiger partial charge in [0.2, 0.25) is 0 Å². The molecule has 4 nitrogen and oxygen atoms in total. The maximum atomic E-state index is 13.0. The molecule has 0 aliphatic carbocycles. The van der Waals surface area contributed by atoms with Gasteiger partial charge in [-0.05, 0) is 30.5 Å². The van der Waals surface area contributed by atoms with Crippen LogP contribution in [0.3, 0.4) is 0 Å². The maximum Gasteiger partial charge on any atom is 0.416 e. The lowest BCUT2D eigenvalue weighted by atomic mass is 9.87. The molecule has 0 bridgehead atoms. The highest BCUT2D eigenvalue weighted by atomic mass is 19.4. The van der Waals surface area contributed by atoms with Gasteiger partial charge in [-0.2, -0.15) is 13.2 Å². The Morgan fingerprint density at radius 3 is 2.26 bits per heavy atom. The Morgan fingerprint density at radius 2 is 1.83 bits per heavy atom. The number of anilines is 1. The summed E-state index contributed by atoms with van der Waals surface area (Å²) in [6.45, 7) is 7.41. The van der Waals surface area contributed by atoms with Gasteiger partial charge in [-0.15, -0.1) is 0 Å². The van der Waals surface area contributed by atoms with Gasteiger partial charge >= 0.3 is 6.18 Å². The predicted molar refractivity (Wildman–Crippen MR) is 82.4 cm³/mol. The quantitative estimate of drug-likeness (QED) is 0.813. The van der Waals surface area contributed by atoms with E-state index in [2.05, 4.69) is 10.6 Å². The molecule has 0 spiro atoms. The monoisotopic (exact) mass is 330 g/mol. The van der Waals surface area contributed by atoms with E-state index in [1.807, 2.05) is 0 Å². The third-order valence-corrected chi connectivity index (χ3v) is 3.26. The molecular weight excluding hydrogens is 309 g/mol. The second kappa shape index (κ2) is 7.02. The maximum absolute atomic E-state index is 13.0. The minimum absolute atomic E-state index is 0.146. The number of aldehydes is 1. The van der Waals surface area contributed by atoms with Crippen LogP contribution < -0.4 is 10.6 Å². The fourth-order valence-corrected chi connectivity index (χ4v) is 1.91. The highest BCUT2D eigenvalue weighted by molar-refractivity contribution is 5.96.